The second-order valence-corrected chi connectivity index (χ2v) is 11.7. The Hall–Kier alpha value is -3.65. The van der Waals surface area contributed by atoms with Gasteiger partial charge in [-0.2, -0.15) is 5.26 Å². The maximum absolute atomic E-state index is 9.91. The standard InChI is InChI=1S/C31H41N9O/c1-4-21(14-32)31-28(13-25(20-40(31)33)37-16-23-11-24(17-37)36-23)22-8-9-29(35-15-22)38-18-26-12-27(19-38)39(26)10-6-5-7-30(34-2)41-3/h5-9,13,20,22-24,26-27,36H,2,4,10-12,15-19,33H2,1,3H3/b6-5+,30-7+,31-21+. The number of aliphatic imine (C=N–C) groups is 2. The minimum atomic E-state index is 0.0758. The van der Waals surface area contributed by atoms with Gasteiger partial charge in [0.15, 0.2) is 0 Å². The molecule has 41 heavy (non-hydrogen) atoms. The van der Waals surface area contributed by atoms with Crippen LogP contribution in [-0.2, 0) is 4.74 Å². The number of ether oxygens (including phenoxy) is 1. The predicted octanol–water partition coefficient (Wildman–Crippen LogP) is 2.26. The molecule has 5 unspecified atom stereocenters. The van der Waals surface area contributed by atoms with Gasteiger partial charge in [0.1, 0.15) is 5.84 Å². The topological polar surface area (TPSA) is 109 Å². The summed E-state index contributed by atoms with van der Waals surface area (Å²) >= 11 is 0. The predicted molar refractivity (Wildman–Crippen MR) is 161 cm³/mol. The van der Waals surface area contributed by atoms with E-state index in [4.69, 9.17) is 15.6 Å². The summed E-state index contributed by atoms with van der Waals surface area (Å²) in [5.74, 6) is 8.25. The number of piperidine rings is 2. The summed E-state index contributed by atoms with van der Waals surface area (Å²) in [6, 6.07) is 4.59. The summed E-state index contributed by atoms with van der Waals surface area (Å²) in [4.78, 5) is 16.3. The number of rotatable bonds is 8. The van der Waals surface area contributed by atoms with Gasteiger partial charge < -0.3 is 19.9 Å². The molecule has 0 radical (unpaired) electrons. The van der Waals surface area contributed by atoms with Crippen molar-refractivity contribution >= 4 is 12.6 Å². The van der Waals surface area contributed by atoms with Gasteiger partial charge in [-0.25, -0.2) is 10.8 Å². The third kappa shape index (κ3) is 5.37. The fourth-order valence-electron chi connectivity index (χ4n) is 7.04. The van der Waals surface area contributed by atoms with E-state index < -0.39 is 0 Å². The first kappa shape index (κ1) is 27.5. The number of amidine groups is 1. The Kier molecular flexibility index (Phi) is 7.84. The minimum absolute atomic E-state index is 0.0758. The number of hydrogen-bond donors (Lipinski definition) is 2. The van der Waals surface area contributed by atoms with E-state index in [1.165, 1.54) is 12.8 Å². The van der Waals surface area contributed by atoms with Crippen LogP contribution in [0.5, 0.6) is 0 Å². The molecule has 216 valence electrons. The molecule has 0 aromatic heterocycles. The van der Waals surface area contributed by atoms with Crippen LogP contribution >= 0.6 is 0 Å². The molecule has 10 heteroatoms. The third-order valence-electron chi connectivity index (χ3n) is 9.22. The number of hydrogen-bond acceptors (Lipinski definition) is 10. The Morgan fingerprint density at radius 3 is 2.61 bits per heavy atom. The fraction of sp³-hybridized carbons (Fsp3) is 0.516. The largest absolute Gasteiger partial charge is 0.481 e. The van der Waals surface area contributed by atoms with Crippen LogP contribution in [0.4, 0.5) is 0 Å². The SMILES string of the molecule is C=N/C(=C\C=C\CN1C2CC1CN(C1=NCC(C3=CC(N4CC5CC(C4)N5)=CN(N)/C3=C(/C#N)CC)C=C1)C2)OC. The first-order valence-corrected chi connectivity index (χ1v) is 14.7. The molecule has 0 aromatic rings. The smallest absolute Gasteiger partial charge is 0.212 e. The van der Waals surface area contributed by atoms with Gasteiger partial charge in [0.25, 0.3) is 0 Å². The van der Waals surface area contributed by atoms with Crippen molar-refractivity contribution < 1.29 is 4.74 Å². The molecular weight excluding hydrogens is 514 g/mol. The Bertz CT molecular complexity index is 1290. The van der Waals surface area contributed by atoms with Gasteiger partial charge in [0.05, 0.1) is 36.7 Å². The number of dihydropyridines is 1. The second kappa shape index (κ2) is 11.7. The minimum Gasteiger partial charge on any atom is -0.481 e. The van der Waals surface area contributed by atoms with E-state index in [0.29, 0.717) is 48.6 Å². The zero-order chi connectivity index (χ0) is 28.5. The third-order valence-corrected chi connectivity index (χ3v) is 9.22. The molecule has 8 aliphatic heterocycles. The molecule has 6 saturated heterocycles. The molecule has 3 N–H and O–H groups in total. The van der Waals surface area contributed by atoms with E-state index in [0.717, 1.165) is 55.5 Å². The van der Waals surface area contributed by atoms with Crippen molar-refractivity contribution in [2.24, 2.45) is 21.7 Å². The highest BCUT2D eigenvalue weighted by molar-refractivity contribution is 5.94. The van der Waals surface area contributed by atoms with Crippen LogP contribution in [0, 0.1) is 17.2 Å². The summed E-state index contributed by atoms with van der Waals surface area (Å²) in [6.07, 6.45) is 17.8. The lowest BCUT2D eigenvalue weighted by Crippen LogP contribution is -2.69. The van der Waals surface area contributed by atoms with Crippen molar-refractivity contribution in [3.05, 3.63) is 71.1 Å². The Balaban J connectivity index is 1.12. The average Bonchev–Trinajstić information content (AvgIpc) is 3.00. The van der Waals surface area contributed by atoms with Gasteiger partial charge in [-0.1, -0.05) is 25.2 Å². The van der Waals surface area contributed by atoms with Crippen LogP contribution in [0.3, 0.4) is 0 Å². The lowest BCUT2D eigenvalue weighted by Gasteiger charge is -2.56. The number of nitrogens with two attached hydrogens (primary N) is 1. The number of piperazine rings is 2. The van der Waals surface area contributed by atoms with Crippen LogP contribution in [0.1, 0.15) is 26.2 Å². The van der Waals surface area contributed by atoms with Gasteiger partial charge in [-0.05, 0) is 49.8 Å². The van der Waals surface area contributed by atoms with Crippen LogP contribution in [-0.4, -0.2) is 103 Å². The molecule has 0 amide bonds. The van der Waals surface area contributed by atoms with E-state index in [1.807, 2.05) is 25.3 Å². The maximum Gasteiger partial charge on any atom is 0.212 e. The van der Waals surface area contributed by atoms with Crippen molar-refractivity contribution in [1.29, 1.82) is 5.26 Å². The number of methoxy groups -OCH3 is 1. The first-order chi connectivity index (χ1) is 20.0. The molecular formula is C31H41N9O. The highest BCUT2D eigenvalue weighted by Gasteiger charge is 2.44. The van der Waals surface area contributed by atoms with Crippen molar-refractivity contribution in [3.63, 3.8) is 0 Å². The summed E-state index contributed by atoms with van der Waals surface area (Å²) in [5, 5.41) is 15.2. The zero-order valence-electron chi connectivity index (χ0n) is 24.1. The quantitative estimate of drug-likeness (QED) is 0.154. The van der Waals surface area contributed by atoms with Crippen LogP contribution in [0.2, 0.25) is 0 Å². The van der Waals surface area contributed by atoms with Gasteiger partial charge in [0, 0.05) is 69.0 Å². The summed E-state index contributed by atoms with van der Waals surface area (Å²) < 4.78 is 5.13. The second-order valence-electron chi connectivity index (χ2n) is 11.7. The fourth-order valence-corrected chi connectivity index (χ4v) is 7.04. The molecule has 0 saturated carbocycles. The van der Waals surface area contributed by atoms with Crippen molar-refractivity contribution in [1.82, 2.24) is 25.0 Å². The molecule has 8 aliphatic rings. The number of fused-ring (bicyclic) bond motifs is 4. The zero-order valence-corrected chi connectivity index (χ0v) is 24.1. The highest BCUT2D eigenvalue weighted by atomic mass is 16.5. The lowest BCUT2D eigenvalue weighted by molar-refractivity contribution is -0.0381. The number of nitrogens with zero attached hydrogens (tertiary/aromatic N) is 7. The summed E-state index contributed by atoms with van der Waals surface area (Å²) in [6.45, 7) is 11.0. The molecule has 5 atom stereocenters. The van der Waals surface area contributed by atoms with E-state index in [-0.39, 0.29) is 5.92 Å². The van der Waals surface area contributed by atoms with Gasteiger partial charge in [0.2, 0.25) is 5.88 Å². The molecule has 4 bridgehead atoms. The summed E-state index contributed by atoms with van der Waals surface area (Å²) in [5.41, 5.74) is 3.75. The van der Waals surface area contributed by atoms with Crippen LogP contribution < -0.4 is 11.2 Å². The monoisotopic (exact) mass is 555 g/mol. The number of nitrogens with one attached hydrogen (secondary N) is 1. The van der Waals surface area contributed by atoms with Crippen molar-refractivity contribution in [2.45, 2.75) is 50.4 Å². The van der Waals surface area contributed by atoms with Gasteiger partial charge in [-0.15, -0.1) is 0 Å². The molecule has 0 aromatic carbocycles. The van der Waals surface area contributed by atoms with Crippen molar-refractivity contribution in [3.8, 4) is 6.07 Å². The van der Waals surface area contributed by atoms with E-state index in [2.05, 4.69) is 62.1 Å². The lowest BCUT2D eigenvalue weighted by atomic mass is 9.86. The maximum atomic E-state index is 9.91. The first-order valence-electron chi connectivity index (χ1n) is 14.7. The van der Waals surface area contributed by atoms with E-state index in [9.17, 15) is 5.26 Å². The number of nitriles is 1. The normalized spacial score (nSPS) is 32.4. The number of allylic oxidation sites excluding steroid dienone is 5. The van der Waals surface area contributed by atoms with E-state index >= 15 is 0 Å². The molecule has 0 spiro atoms. The molecule has 6 fully saturated rings. The Labute approximate surface area is 243 Å². The molecule has 0 aliphatic carbocycles. The van der Waals surface area contributed by atoms with Gasteiger partial charge in [-0.3, -0.25) is 14.9 Å². The highest BCUT2D eigenvalue weighted by Crippen LogP contribution is 2.37. The van der Waals surface area contributed by atoms with Gasteiger partial charge >= 0.3 is 0 Å². The average molecular weight is 556 g/mol. The van der Waals surface area contributed by atoms with Crippen molar-refractivity contribution in [2.75, 3.05) is 46.4 Å². The molecule has 8 rings (SSSR count). The Morgan fingerprint density at radius 2 is 2.00 bits per heavy atom. The Morgan fingerprint density at radius 1 is 1.24 bits per heavy atom. The van der Waals surface area contributed by atoms with Crippen LogP contribution in [0.15, 0.2) is 81.1 Å². The van der Waals surface area contributed by atoms with E-state index in [1.54, 1.807) is 12.1 Å². The number of hydrazine groups is 1. The molecule has 10 nitrogen and oxygen atoms in total. The molecule has 8 heterocycles. The van der Waals surface area contributed by atoms with Crippen LogP contribution in [0.25, 0.3) is 0 Å². The summed E-state index contributed by atoms with van der Waals surface area (Å²) in [7, 11) is 1.60.